The Bertz CT molecular complexity index is 323. The Morgan fingerprint density at radius 1 is 1.11 bits per heavy atom. The van der Waals surface area contributed by atoms with Crippen LogP contribution in [0, 0.1) is 0 Å². The molecule has 0 aromatic heterocycles. The van der Waals surface area contributed by atoms with Gasteiger partial charge < -0.3 is 14.2 Å². The van der Waals surface area contributed by atoms with Gasteiger partial charge in [-0.05, 0) is 20.8 Å². The van der Waals surface area contributed by atoms with Crippen molar-refractivity contribution in [1.82, 2.24) is 4.72 Å². The highest BCUT2D eigenvalue weighted by Gasteiger charge is 2.19. The fourth-order valence-corrected chi connectivity index (χ4v) is 2.03. The number of carbonyl (C=O) groups excluding carboxylic acids is 1. The van der Waals surface area contributed by atoms with E-state index >= 15 is 0 Å². The van der Waals surface area contributed by atoms with Crippen molar-refractivity contribution in [3.63, 3.8) is 0 Å². The van der Waals surface area contributed by atoms with Crippen molar-refractivity contribution in [3.8, 4) is 0 Å². The molecule has 0 amide bonds. The van der Waals surface area contributed by atoms with Crippen molar-refractivity contribution in [2.75, 3.05) is 32.1 Å². The molecule has 0 saturated carbocycles. The van der Waals surface area contributed by atoms with E-state index in [1.165, 1.54) is 0 Å². The summed E-state index contributed by atoms with van der Waals surface area (Å²) in [6, 6.07) is 0. The molecule has 0 aliphatic rings. The molecule has 108 valence electrons. The number of esters is 1. The van der Waals surface area contributed by atoms with E-state index in [9.17, 15) is 13.2 Å². The van der Waals surface area contributed by atoms with Crippen molar-refractivity contribution < 1.29 is 27.4 Å². The number of hydrogen-bond acceptors (Lipinski definition) is 6. The van der Waals surface area contributed by atoms with Gasteiger partial charge in [-0.1, -0.05) is 0 Å². The van der Waals surface area contributed by atoms with E-state index in [1.807, 2.05) is 0 Å². The monoisotopic (exact) mass is 283 g/mol. The molecule has 18 heavy (non-hydrogen) atoms. The van der Waals surface area contributed by atoms with E-state index in [0.29, 0.717) is 13.2 Å². The molecular formula is C10H21NO6S. The minimum absolute atomic E-state index is 0.0383. The first kappa shape index (κ1) is 17.3. The average Bonchev–Trinajstić information content (AvgIpc) is 2.26. The van der Waals surface area contributed by atoms with Crippen molar-refractivity contribution >= 4 is 16.0 Å². The van der Waals surface area contributed by atoms with Gasteiger partial charge in [0.2, 0.25) is 10.0 Å². The summed E-state index contributed by atoms with van der Waals surface area (Å²) in [4.78, 5) is 11.1. The van der Waals surface area contributed by atoms with Gasteiger partial charge in [0.15, 0.2) is 12.0 Å². The van der Waals surface area contributed by atoms with E-state index in [2.05, 4.69) is 9.46 Å². The molecule has 0 rings (SSSR count). The highest BCUT2D eigenvalue weighted by molar-refractivity contribution is 7.90. The van der Waals surface area contributed by atoms with Gasteiger partial charge in [0, 0.05) is 13.2 Å². The first-order chi connectivity index (χ1) is 8.45. The molecule has 8 heteroatoms. The number of nitrogens with one attached hydrogen (secondary N) is 1. The minimum Gasteiger partial charge on any atom is -0.465 e. The lowest BCUT2D eigenvalue weighted by Gasteiger charge is -2.17. The Morgan fingerprint density at radius 3 is 2.11 bits per heavy atom. The summed E-state index contributed by atoms with van der Waals surface area (Å²) >= 11 is 0. The average molecular weight is 283 g/mol. The van der Waals surface area contributed by atoms with Crippen molar-refractivity contribution in [1.29, 1.82) is 0 Å². The van der Waals surface area contributed by atoms with Crippen LogP contribution in [0.2, 0.25) is 0 Å². The van der Waals surface area contributed by atoms with E-state index < -0.39 is 28.0 Å². The zero-order valence-corrected chi connectivity index (χ0v) is 11.8. The third kappa shape index (κ3) is 8.40. The molecule has 0 aromatic rings. The Hall–Kier alpha value is -0.700. The van der Waals surface area contributed by atoms with Crippen molar-refractivity contribution in [2.45, 2.75) is 27.1 Å². The number of sulfonamides is 1. The highest BCUT2D eigenvalue weighted by Crippen LogP contribution is 1.96. The molecule has 0 bridgehead atoms. The Balaban J connectivity index is 4.18. The fourth-order valence-electron chi connectivity index (χ4n) is 1.14. The number of carbonyl (C=O) groups is 1. The number of ether oxygens (including phenoxy) is 3. The van der Waals surface area contributed by atoms with E-state index in [0.717, 1.165) is 0 Å². The minimum atomic E-state index is -3.72. The van der Waals surface area contributed by atoms with Gasteiger partial charge in [-0.25, -0.2) is 13.1 Å². The zero-order valence-electron chi connectivity index (χ0n) is 11.0. The second kappa shape index (κ2) is 9.26. The van der Waals surface area contributed by atoms with Gasteiger partial charge in [-0.3, -0.25) is 4.79 Å². The van der Waals surface area contributed by atoms with Gasteiger partial charge in [0.1, 0.15) is 0 Å². The molecule has 0 aliphatic heterocycles. The second-order valence-corrected chi connectivity index (χ2v) is 5.06. The maximum Gasteiger partial charge on any atom is 0.322 e. The van der Waals surface area contributed by atoms with Crippen LogP contribution < -0.4 is 4.72 Å². The maximum atomic E-state index is 11.5. The molecule has 0 aromatic carbocycles. The van der Waals surface area contributed by atoms with Gasteiger partial charge in [-0.2, -0.15) is 0 Å². The second-order valence-electron chi connectivity index (χ2n) is 3.25. The molecule has 0 atom stereocenters. The topological polar surface area (TPSA) is 90.9 Å². The maximum absolute atomic E-state index is 11.5. The predicted molar refractivity (Wildman–Crippen MR) is 65.5 cm³/mol. The van der Waals surface area contributed by atoms with Crippen molar-refractivity contribution in [2.24, 2.45) is 0 Å². The largest absolute Gasteiger partial charge is 0.465 e. The number of hydrogen-bond donors (Lipinski definition) is 1. The molecule has 0 fully saturated rings. The Kier molecular flexibility index (Phi) is 8.90. The molecule has 7 nitrogen and oxygen atoms in total. The molecule has 0 spiro atoms. The summed E-state index contributed by atoms with van der Waals surface area (Å²) in [6.45, 7) is 6.09. The summed E-state index contributed by atoms with van der Waals surface area (Å²) in [6.07, 6.45) is -0.656. The first-order valence-electron chi connectivity index (χ1n) is 5.81. The predicted octanol–water partition coefficient (Wildman–Crippen LogP) is -0.132. The molecular weight excluding hydrogens is 262 g/mol. The molecule has 0 radical (unpaired) electrons. The lowest BCUT2D eigenvalue weighted by Crippen LogP contribution is -2.38. The van der Waals surface area contributed by atoms with Crippen LogP contribution in [0.1, 0.15) is 20.8 Å². The Morgan fingerprint density at radius 2 is 1.67 bits per heavy atom. The lowest BCUT2D eigenvalue weighted by molar-refractivity contribution is -0.140. The summed E-state index contributed by atoms with van der Waals surface area (Å²) in [5.74, 6) is -1.49. The summed E-state index contributed by atoms with van der Waals surface area (Å²) in [5.41, 5.74) is 0. The summed E-state index contributed by atoms with van der Waals surface area (Å²) in [5, 5.41) is 0. The Labute approximate surface area is 108 Å². The lowest BCUT2D eigenvalue weighted by atomic mass is 10.6. The SMILES string of the molecule is CCOC(=O)CS(=O)(=O)NCC(OCC)OCC. The van der Waals surface area contributed by atoms with Crippen LogP contribution in [0.25, 0.3) is 0 Å². The standard InChI is InChI=1S/C10H21NO6S/c1-4-15-9(12)8-18(13,14)11-7-10(16-5-2)17-6-3/h10-11H,4-8H2,1-3H3. The highest BCUT2D eigenvalue weighted by atomic mass is 32.2. The molecule has 0 aliphatic carbocycles. The van der Waals surface area contributed by atoms with E-state index in [4.69, 9.17) is 9.47 Å². The quantitative estimate of drug-likeness (QED) is 0.443. The summed E-state index contributed by atoms with van der Waals surface area (Å²) < 4.78 is 40.1. The van der Waals surface area contributed by atoms with Crippen LogP contribution >= 0.6 is 0 Å². The fraction of sp³-hybridized carbons (Fsp3) is 0.900. The van der Waals surface area contributed by atoms with Crippen LogP contribution in [0.3, 0.4) is 0 Å². The smallest absolute Gasteiger partial charge is 0.322 e. The van der Waals surface area contributed by atoms with Crippen LogP contribution in [-0.2, 0) is 29.0 Å². The van der Waals surface area contributed by atoms with Crippen molar-refractivity contribution in [3.05, 3.63) is 0 Å². The van der Waals surface area contributed by atoms with Gasteiger partial charge in [-0.15, -0.1) is 0 Å². The van der Waals surface area contributed by atoms with Crippen LogP contribution in [0.15, 0.2) is 0 Å². The molecule has 0 unspecified atom stereocenters. The third-order valence-electron chi connectivity index (χ3n) is 1.79. The van der Waals surface area contributed by atoms with Gasteiger partial charge in [0.05, 0.1) is 13.2 Å². The van der Waals surface area contributed by atoms with Crippen LogP contribution in [-0.4, -0.2) is 52.8 Å². The number of rotatable bonds is 10. The van der Waals surface area contributed by atoms with E-state index in [-0.39, 0.29) is 13.2 Å². The molecule has 0 saturated heterocycles. The van der Waals surface area contributed by atoms with Crippen LogP contribution in [0.5, 0.6) is 0 Å². The molecule has 0 heterocycles. The van der Waals surface area contributed by atoms with Crippen LogP contribution in [0.4, 0.5) is 0 Å². The van der Waals surface area contributed by atoms with E-state index in [1.54, 1.807) is 20.8 Å². The normalized spacial score (nSPS) is 11.8. The molecule has 1 N–H and O–H groups in total. The first-order valence-corrected chi connectivity index (χ1v) is 7.46. The third-order valence-corrected chi connectivity index (χ3v) is 3.01. The zero-order chi connectivity index (χ0) is 14.0. The summed E-state index contributed by atoms with van der Waals surface area (Å²) in [7, 11) is -3.72. The van der Waals surface area contributed by atoms with Gasteiger partial charge in [0.25, 0.3) is 0 Å². The van der Waals surface area contributed by atoms with Gasteiger partial charge >= 0.3 is 5.97 Å².